The van der Waals surface area contributed by atoms with Gasteiger partial charge >= 0.3 is 5.97 Å². The Hall–Kier alpha value is -2.96. The van der Waals surface area contributed by atoms with Gasteiger partial charge in [-0.05, 0) is 31.0 Å². The van der Waals surface area contributed by atoms with Gasteiger partial charge < -0.3 is 24.0 Å². The smallest absolute Gasteiger partial charge is 0.340 e. The van der Waals surface area contributed by atoms with Crippen LogP contribution in [0.5, 0.6) is 11.5 Å². The fraction of sp³-hybridized carbons (Fsp3) is 0.400. The van der Waals surface area contributed by atoms with E-state index in [0.717, 1.165) is 5.56 Å². The molecule has 0 saturated heterocycles. The van der Waals surface area contributed by atoms with E-state index < -0.39 is 5.97 Å². The van der Waals surface area contributed by atoms with Crippen molar-refractivity contribution in [2.75, 3.05) is 42.0 Å². The van der Waals surface area contributed by atoms with E-state index in [-0.39, 0.29) is 5.91 Å². The van der Waals surface area contributed by atoms with Crippen LogP contribution >= 0.6 is 0 Å². The lowest BCUT2D eigenvalue weighted by atomic mass is 10.1. The standard InChI is InChI=1S/C20H26N2O5/c1-13-18(20(24)27-6)15(12-21(2)3)19(23)22(13)10-9-14-7-8-16(25-4)17(11-14)26-5/h7-8,11-12H,9-10H2,1-6H3. The van der Waals surface area contributed by atoms with Gasteiger partial charge in [0.05, 0.1) is 32.5 Å². The van der Waals surface area contributed by atoms with Gasteiger partial charge in [0.15, 0.2) is 11.5 Å². The molecule has 0 aromatic heterocycles. The van der Waals surface area contributed by atoms with Crippen LogP contribution in [-0.2, 0) is 20.7 Å². The molecule has 0 unspecified atom stereocenters. The fourth-order valence-electron chi connectivity index (χ4n) is 3.02. The zero-order valence-electron chi connectivity index (χ0n) is 16.7. The molecule has 0 N–H and O–H groups in total. The molecule has 0 atom stereocenters. The monoisotopic (exact) mass is 374 g/mol. The quantitative estimate of drug-likeness (QED) is 0.537. The van der Waals surface area contributed by atoms with Gasteiger partial charge in [-0.1, -0.05) is 6.07 Å². The maximum Gasteiger partial charge on any atom is 0.340 e. The molecule has 0 radical (unpaired) electrons. The van der Waals surface area contributed by atoms with Crippen LogP contribution in [0.15, 0.2) is 41.2 Å². The maximum atomic E-state index is 12.9. The minimum absolute atomic E-state index is 0.206. The molecule has 0 saturated carbocycles. The third-order valence-corrected chi connectivity index (χ3v) is 4.36. The van der Waals surface area contributed by atoms with Crippen LogP contribution in [0, 0.1) is 0 Å². The van der Waals surface area contributed by atoms with E-state index in [9.17, 15) is 9.59 Å². The Morgan fingerprint density at radius 3 is 2.37 bits per heavy atom. The van der Waals surface area contributed by atoms with E-state index in [1.54, 1.807) is 51.2 Å². The molecule has 1 aromatic carbocycles. The summed E-state index contributed by atoms with van der Waals surface area (Å²) in [4.78, 5) is 28.4. The van der Waals surface area contributed by atoms with Crippen LogP contribution in [0.1, 0.15) is 12.5 Å². The molecule has 0 bridgehead atoms. The lowest BCUT2D eigenvalue weighted by molar-refractivity contribution is -0.136. The van der Waals surface area contributed by atoms with Crippen LogP contribution in [0.4, 0.5) is 0 Å². The van der Waals surface area contributed by atoms with E-state index in [1.807, 2.05) is 18.2 Å². The number of rotatable bonds is 7. The van der Waals surface area contributed by atoms with E-state index in [1.165, 1.54) is 7.11 Å². The average molecular weight is 374 g/mol. The second-order valence-corrected chi connectivity index (χ2v) is 6.35. The zero-order valence-corrected chi connectivity index (χ0v) is 16.7. The average Bonchev–Trinajstić information content (AvgIpc) is 2.88. The van der Waals surface area contributed by atoms with Crippen LogP contribution in [0.3, 0.4) is 0 Å². The van der Waals surface area contributed by atoms with Gasteiger partial charge in [0, 0.05) is 32.5 Å². The summed E-state index contributed by atoms with van der Waals surface area (Å²) in [6.45, 7) is 2.20. The Morgan fingerprint density at radius 2 is 1.81 bits per heavy atom. The number of esters is 1. The van der Waals surface area contributed by atoms with Crippen molar-refractivity contribution in [1.29, 1.82) is 0 Å². The summed E-state index contributed by atoms with van der Waals surface area (Å²) in [5.74, 6) is 0.571. The molecule has 27 heavy (non-hydrogen) atoms. The first kappa shape index (κ1) is 20.4. The second kappa shape index (κ2) is 8.62. The normalized spacial score (nSPS) is 15.4. The van der Waals surface area contributed by atoms with Crippen molar-refractivity contribution in [2.45, 2.75) is 13.3 Å². The summed E-state index contributed by atoms with van der Waals surface area (Å²) >= 11 is 0. The van der Waals surface area contributed by atoms with Gasteiger partial charge in [-0.25, -0.2) is 4.79 Å². The number of methoxy groups -OCH3 is 3. The van der Waals surface area contributed by atoms with Crippen LogP contribution in [0.25, 0.3) is 0 Å². The number of carbonyl (C=O) groups excluding carboxylic acids is 2. The lowest BCUT2D eigenvalue weighted by Gasteiger charge is -2.18. The number of allylic oxidation sites excluding steroid dienone is 1. The van der Waals surface area contributed by atoms with Gasteiger partial charge in [0.1, 0.15) is 0 Å². The van der Waals surface area contributed by atoms with Gasteiger partial charge in [-0.2, -0.15) is 0 Å². The largest absolute Gasteiger partial charge is 0.493 e. The van der Waals surface area contributed by atoms with Crippen molar-refractivity contribution >= 4 is 11.9 Å². The molecule has 7 heteroatoms. The minimum atomic E-state index is -0.512. The van der Waals surface area contributed by atoms with E-state index in [2.05, 4.69) is 0 Å². The van der Waals surface area contributed by atoms with Crippen molar-refractivity contribution in [3.63, 3.8) is 0 Å². The first-order chi connectivity index (χ1) is 12.8. The summed E-state index contributed by atoms with van der Waals surface area (Å²) < 4.78 is 15.4. The van der Waals surface area contributed by atoms with Crippen molar-refractivity contribution in [1.82, 2.24) is 9.80 Å². The lowest BCUT2D eigenvalue weighted by Crippen LogP contribution is -2.28. The first-order valence-electron chi connectivity index (χ1n) is 8.54. The van der Waals surface area contributed by atoms with Gasteiger partial charge in [-0.3, -0.25) is 4.79 Å². The highest BCUT2D eigenvalue weighted by Gasteiger charge is 2.37. The number of nitrogens with zero attached hydrogens (tertiary/aromatic N) is 2. The Bertz CT molecular complexity index is 796. The van der Waals surface area contributed by atoms with E-state index in [0.29, 0.717) is 41.3 Å². The number of hydrogen-bond acceptors (Lipinski definition) is 6. The van der Waals surface area contributed by atoms with E-state index >= 15 is 0 Å². The molecular formula is C20H26N2O5. The van der Waals surface area contributed by atoms with Crippen molar-refractivity contribution in [2.24, 2.45) is 0 Å². The van der Waals surface area contributed by atoms with Crippen molar-refractivity contribution in [3.8, 4) is 11.5 Å². The number of benzene rings is 1. The molecule has 1 aliphatic rings. The summed E-state index contributed by atoms with van der Waals surface area (Å²) in [6.07, 6.45) is 2.25. The van der Waals surface area contributed by atoms with Crippen LogP contribution in [0.2, 0.25) is 0 Å². The molecule has 0 fully saturated rings. The summed E-state index contributed by atoms with van der Waals surface area (Å²) in [6, 6.07) is 5.65. The Labute approximate surface area is 159 Å². The molecule has 146 valence electrons. The second-order valence-electron chi connectivity index (χ2n) is 6.35. The zero-order chi connectivity index (χ0) is 20.1. The van der Waals surface area contributed by atoms with Gasteiger partial charge in [-0.15, -0.1) is 0 Å². The predicted molar refractivity (Wildman–Crippen MR) is 101 cm³/mol. The molecule has 1 aliphatic heterocycles. The number of ether oxygens (including phenoxy) is 3. The highest BCUT2D eigenvalue weighted by molar-refractivity contribution is 6.13. The minimum Gasteiger partial charge on any atom is -0.493 e. The molecule has 1 amide bonds. The predicted octanol–water partition coefficient (Wildman–Crippen LogP) is 1.98. The van der Waals surface area contributed by atoms with E-state index in [4.69, 9.17) is 14.2 Å². The molecule has 2 rings (SSSR count). The molecule has 0 aliphatic carbocycles. The number of amides is 1. The Balaban J connectivity index is 2.27. The fourth-order valence-corrected chi connectivity index (χ4v) is 3.02. The summed E-state index contributed by atoms with van der Waals surface area (Å²) in [7, 11) is 8.08. The van der Waals surface area contributed by atoms with Gasteiger partial charge in [0.2, 0.25) is 0 Å². The van der Waals surface area contributed by atoms with Crippen LogP contribution < -0.4 is 9.47 Å². The van der Waals surface area contributed by atoms with Crippen molar-refractivity contribution < 1.29 is 23.8 Å². The van der Waals surface area contributed by atoms with Gasteiger partial charge in [0.25, 0.3) is 5.91 Å². The Kier molecular flexibility index (Phi) is 6.50. The summed E-state index contributed by atoms with van der Waals surface area (Å²) in [5.41, 5.74) is 2.25. The number of hydrogen-bond donors (Lipinski definition) is 0. The Morgan fingerprint density at radius 1 is 1.15 bits per heavy atom. The van der Waals surface area contributed by atoms with Crippen molar-refractivity contribution in [3.05, 3.63) is 46.8 Å². The molecule has 1 aromatic rings. The highest BCUT2D eigenvalue weighted by atomic mass is 16.5. The number of carbonyl (C=O) groups is 2. The molecular weight excluding hydrogens is 348 g/mol. The molecule has 0 spiro atoms. The highest BCUT2D eigenvalue weighted by Crippen LogP contribution is 2.31. The molecule has 7 nitrogen and oxygen atoms in total. The third-order valence-electron chi connectivity index (χ3n) is 4.36. The van der Waals surface area contributed by atoms with Crippen LogP contribution in [-0.4, -0.2) is 63.6 Å². The third kappa shape index (κ3) is 4.24. The maximum absolute atomic E-state index is 12.9. The topological polar surface area (TPSA) is 68.3 Å². The molecule has 1 heterocycles. The summed E-state index contributed by atoms with van der Waals surface area (Å²) in [5, 5.41) is 0. The first-order valence-corrected chi connectivity index (χ1v) is 8.54. The SMILES string of the molecule is COC(=O)C1=C(C)N(CCc2ccc(OC)c(OC)c2)C(=O)C1=CN(C)C.